The van der Waals surface area contributed by atoms with Crippen molar-refractivity contribution in [3.63, 3.8) is 0 Å². The van der Waals surface area contributed by atoms with E-state index in [1.807, 2.05) is 6.33 Å². The van der Waals surface area contributed by atoms with Crippen LogP contribution < -0.4 is 0 Å². The molecular weight excluding hydrogens is 216 g/mol. The van der Waals surface area contributed by atoms with E-state index in [0.717, 1.165) is 32.1 Å². The van der Waals surface area contributed by atoms with E-state index in [-0.39, 0.29) is 12.0 Å². The Kier molecular flexibility index (Phi) is 2.65. The van der Waals surface area contributed by atoms with Crippen LogP contribution in [0.2, 0.25) is 0 Å². The number of nitrogens with zero attached hydrogens (tertiary/aromatic N) is 2. The fraction of sp³-hybridized carbons (Fsp3) is 0.692. The van der Waals surface area contributed by atoms with E-state index in [4.69, 9.17) is 0 Å². The van der Waals surface area contributed by atoms with E-state index in [2.05, 4.69) is 9.55 Å². The van der Waals surface area contributed by atoms with Gasteiger partial charge < -0.3 is 9.67 Å². The lowest BCUT2D eigenvalue weighted by atomic mass is 9.99. The highest BCUT2D eigenvalue weighted by Gasteiger charge is 2.35. The lowest BCUT2D eigenvalue weighted by molar-refractivity contribution is -0.142. The molecule has 0 bridgehead atoms. The van der Waals surface area contributed by atoms with Gasteiger partial charge in [-0.1, -0.05) is 6.42 Å². The zero-order chi connectivity index (χ0) is 11.8. The van der Waals surface area contributed by atoms with Crippen molar-refractivity contribution in [2.24, 2.45) is 5.92 Å². The second-order valence-corrected chi connectivity index (χ2v) is 5.20. The highest BCUT2D eigenvalue weighted by molar-refractivity contribution is 5.71. The van der Waals surface area contributed by atoms with Crippen LogP contribution in [0.4, 0.5) is 0 Å². The Morgan fingerprint density at radius 3 is 2.94 bits per heavy atom. The third kappa shape index (κ3) is 1.75. The number of carboxylic acids is 1. The van der Waals surface area contributed by atoms with Crippen LogP contribution in [-0.4, -0.2) is 20.6 Å². The van der Waals surface area contributed by atoms with Crippen LogP contribution in [0.15, 0.2) is 6.33 Å². The maximum atomic E-state index is 11.2. The summed E-state index contributed by atoms with van der Waals surface area (Å²) in [7, 11) is 0. The minimum absolute atomic E-state index is 0.141. The molecule has 0 amide bonds. The molecule has 2 atom stereocenters. The SMILES string of the molecule is O=C(O)C1CCCC1n1cnc2c1CCCC2. The lowest BCUT2D eigenvalue weighted by Gasteiger charge is -2.22. The molecule has 92 valence electrons. The Balaban J connectivity index is 1.93. The second kappa shape index (κ2) is 4.17. The second-order valence-electron chi connectivity index (χ2n) is 5.20. The van der Waals surface area contributed by atoms with Gasteiger partial charge in [0, 0.05) is 11.7 Å². The average Bonchev–Trinajstić information content (AvgIpc) is 2.94. The fourth-order valence-corrected chi connectivity index (χ4v) is 3.34. The fourth-order valence-electron chi connectivity index (χ4n) is 3.34. The molecule has 3 rings (SSSR count). The zero-order valence-electron chi connectivity index (χ0n) is 9.93. The predicted octanol–water partition coefficient (Wildman–Crippen LogP) is 2.19. The van der Waals surface area contributed by atoms with Crippen LogP contribution in [0.5, 0.6) is 0 Å². The maximum absolute atomic E-state index is 11.2. The minimum atomic E-state index is -0.647. The van der Waals surface area contributed by atoms with Crippen molar-refractivity contribution in [2.75, 3.05) is 0 Å². The van der Waals surface area contributed by atoms with Gasteiger partial charge in [0.25, 0.3) is 0 Å². The van der Waals surface area contributed by atoms with Gasteiger partial charge >= 0.3 is 5.97 Å². The molecule has 1 saturated carbocycles. The molecule has 4 heteroatoms. The van der Waals surface area contributed by atoms with Crippen molar-refractivity contribution in [1.29, 1.82) is 0 Å². The van der Waals surface area contributed by atoms with Gasteiger partial charge in [-0.05, 0) is 38.5 Å². The average molecular weight is 234 g/mol. The van der Waals surface area contributed by atoms with Crippen LogP contribution in [-0.2, 0) is 17.6 Å². The third-order valence-electron chi connectivity index (χ3n) is 4.21. The Labute approximate surface area is 101 Å². The van der Waals surface area contributed by atoms with Crippen molar-refractivity contribution in [2.45, 2.75) is 51.0 Å². The van der Waals surface area contributed by atoms with E-state index in [9.17, 15) is 9.90 Å². The van der Waals surface area contributed by atoms with Crippen LogP contribution in [0.3, 0.4) is 0 Å². The molecule has 1 fully saturated rings. The molecule has 17 heavy (non-hydrogen) atoms. The Morgan fingerprint density at radius 1 is 1.29 bits per heavy atom. The molecule has 2 aliphatic rings. The number of aliphatic carboxylic acids is 1. The molecule has 1 N–H and O–H groups in total. The highest BCUT2D eigenvalue weighted by Crippen LogP contribution is 2.38. The number of aryl methyl sites for hydroxylation is 1. The molecule has 4 nitrogen and oxygen atoms in total. The summed E-state index contributed by atoms with van der Waals surface area (Å²) in [4.78, 5) is 15.7. The van der Waals surface area contributed by atoms with Crippen molar-refractivity contribution in [3.8, 4) is 0 Å². The number of carboxylic acid groups (broad SMARTS) is 1. The molecule has 0 aliphatic heterocycles. The summed E-state index contributed by atoms with van der Waals surface area (Å²) in [6.45, 7) is 0. The highest BCUT2D eigenvalue weighted by atomic mass is 16.4. The van der Waals surface area contributed by atoms with Gasteiger partial charge in [0.15, 0.2) is 0 Å². The first kappa shape index (κ1) is 10.8. The summed E-state index contributed by atoms with van der Waals surface area (Å²) in [5.41, 5.74) is 2.50. The van der Waals surface area contributed by atoms with Gasteiger partial charge in [-0.2, -0.15) is 0 Å². The molecule has 1 aromatic heterocycles. The summed E-state index contributed by atoms with van der Waals surface area (Å²) in [5.74, 6) is -0.860. The molecule has 1 aromatic rings. The Hall–Kier alpha value is -1.32. The summed E-state index contributed by atoms with van der Waals surface area (Å²) < 4.78 is 2.17. The predicted molar refractivity (Wildman–Crippen MR) is 62.9 cm³/mol. The zero-order valence-corrected chi connectivity index (χ0v) is 9.93. The first-order chi connectivity index (χ1) is 8.27. The molecule has 0 saturated heterocycles. The van der Waals surface area contributed by atoms with Crippen molar-refractivity contribution < 1.29 is 9.90 Å². The van der Waals surface area contributed by atoms with E-state index >= 15 is 0 Å². The van der Waals surface area contributed by atoms with Crippen LogP contribution in [0.1, 0.15) is 49.5 Å². The monoisotopic (exact) mass is 234 g/mol. The Bertz CT molecular complexity index is 439. The lowest BCUT2D eigenvalue weighted by Crippen LogP contribution is -2.23. The van der Waals surface area contributed by atoms with Gasteiger partial charge in [0.1, 0.15) is 0 Å². The largest absolute Gasteiger partial charge is 0.481 e. The van der Waals surface area contributed by atoms with Crippen LogP contribution in [0, 0.1) is 5.92 Å². The quantitative estimate of drug-likeness (QED) is 0.853. The van der Waals surface area contributed by atoms with Gasteiger partial charge in [-0.3, -0.25) is 4.79 Å². The summed E-state index contributed by atoms with van der Waals surface area (Å²) in [5, 5.41) is 9.25. The smallest absolute Gasteiger partial charge is 0.308 e. The van der Waals surface area contributed by atoms with Gasteiger partial charge in [0.05, 0.1) is 17.9 Å². The van der Waals surface area contributed by atoms with Crippen molar-refractivity contribution in [3.05, 3.63) is 17.7 Å². The van der Waals surface area contributed by atoms with Crippen LogP contribution >= 0.6 is 0 Å². The standard InChI is InChI=1S/C13H18N2O2/c16-13(17)9-4-3-7-11(9)15-8-14-10-5-1-2-6-12(10)15/h8-9,11H,1-7H2,(H,16,17). The van der Waals surface area contributed by atoms with E-state index in [1.165, 1.54) is 24.2 Å². The van der Waals surface area contributed by atoms with Gasteiger partial charge in [-0.15, -0.1) is 0 Å². The minimum Gasteiger partial charge on any atom is -0.481 e. The van der Waals surface area contributed by atoms with E-state index < -0.39 is 5.97 Å². The summed E-state index contributed by atoms with van der Waals surface area (Å²) in [6.07, 6.45) is 9.26. The third-order valence-corrected chi connectivity index (χ3v) is 4.21. The van der Waals surface area contributed by atoms with Crippen molar-refractivity contribution in [1.82, 2.24) is 9.55 Å². The number of imidazole rings is 1. The molecule has 0 spiro atoms. The molecule has 0 aromatic carbocycles. The molecule has 2 aliphatic carbocycles. The number of carbonyl (C=O) groups is 1. The molecule has 1 heterocycles. The number of hydrogen-bond donors (Lipinski definition) is 1. The number of aromatic nitrogens is 2. The van der Waals surface area contributed by atoms with Crippen LogP contribution in [0.25, 0.3) is 0 Å². The number of rotatable bonds is 2. The molecule has 0 radical (unpaired) electrons. The topological polar surface area (TPSA) is 55.1 Å². The summed E-state index contributed by atoms with van der Waals surface area (Å²) in [6, 6.07) is 0.141. The van der Waals surface area contributed by atoms with Crippen molar-refractivity contribution >= 4 is 5.97 Å². The van der Waals surface area contributed by atoms with Gasteiger partial charge in [0.2, 0.25) is 0 Å². The number of fused-ring (bicyclic) bond motifs is 1. The normalized spacial score (nSPS) is 28.0. The van der Waals surface area contributed by atoms with E-state index in [1.54, 1.807) is 0 Å². The summed E-state index contributed by atoms with van der Waals surface area (Å²) >= 11 is 0. The first-order valence-corrected chi connectivity index (χ1v) is 6.55. The number of hydrogen-bond acceptors (Lipinski definition) is 2. The van der Waals surface area contributed by atoms with E-state index in [0.29, 0.717) is 0 Å². The Morgan fingerprint density at radius 2 is 2.12 bits per heavy atom. The first-order valence-electron chi connectivity index (χ1n) is 6.55. The maximum Gasteiger partial charge on any atom is 0.308 e. The molecule has 2 unspecified atom stereocenters. The van der Waals surface area contributed by atoms with Gasteiger partial charge in [-0.25, -0.2) is 4.98 Å². The molecular formula is C13H18N2O2.